The lowest BCUT2D eigenvalue weighted by molar-refractivity contribution is 0.449. The minimum absolute atomic E-state index is 0.0751. The zero-order valence-corrected chi connectivity index (χ0v) is 17.0. The van der Waals surface area contributed by atoms with Gasteiger partial charge in [-0.3, -0.25) is 0 Å². The molecule has 0 fully saturated rings. The van der Waals surface area contributed by atoms with Gasteiger partial charge in [-0.25, -0.2) is 9.97 Å². The predicted octanol–water partition coefficient (Wildman–Crippen LogP) is 5.95. The van der Waals surface area contributed by atoms with Crippen LogP contribution in [0.2, 0.25) is 0 Å². The SMILES string of the molecule is C=C.CC1(C)c2ccc(Br)cc2N2c3nccnc3N(c3ccccc3)C21. The predicted molar refractivity (Wildman–Crippen MR) is 115 cm³/mol. The largest absolute Gasteiger partial charge is 0.301 e. The molecule has 2 aliphatic heterocycles. The van der Waals surface area contributed by atoms with Gasteiger partial charge in [-0.1, -0.05) is 54.0 Å². The summed E-state index contributed by atoms with van der Waals surface area (Å²) in [6, 6.07) is 17.0. The maximum atomic E-state index is 4.68. The number of anilines is 4. The molecule has 0 amide bonds. The summed E-state index contributed by atoms with van der Waals surface area (Å²) in [7, 11) is 0. The fraction of sp³-hybridized carbons (Fsp3) is 0.182. The molecule has 3 heterocycles. The van der Waals surface area contributed by atoms with Crippen molar-refractivity contribution in [2.45, 2.75) is 25.4 Å². The number of fused-ring (bicyclic) bond motifs is 5. The molecular formula is C22H21BrN4. The third-order valence-corrected chi connectivity index (χ3v) is 5.69. The standard InChI is InChI=1S/C20H17BrN4.C2H4/c1-20(2)15-9-8-13(21)12-16(15)25-18-17(22-10-11-23-18)24(19(20)25)14-6-4-3-5-7-14;1-2/h3-12,19H,1-2H3;1-2H2. The summed E-state index contributed by atoms with van der Waals surface area (Å²) in [5.41, 5.74) is 3.59. The van der Waals surface area contributed by atoms with Gasteiger partial charge < -0.3 is 9.80 Å². The van der Waals surface area contributed by atoms with Crippen molar-refractivity contribution in [3.63, 3.8) is 0 Å². The Hall–Kier alpha value is -2.66. The Bertz CT molecular complexity index is 987. The second kappa shape index (κ2) is 6.50. The van der Waals surface area contributed by atoms with Crippen LogP contribution in [0.25, 0.3) is 0 Å². The first-order valence-electron chi connectivity index (χ1n) is 8.83. The van der Waals surface area contributed by atoms with Crippen LogP contribution in [0.3, 0.4) is 0 Å². The zero-order valence-electron chi connectivity index (χ0n) is 15.4. The van der Waals surface area contributed by atoms with E-state index in [0.29, 0.717) is 0 Å². The van der Waals surface area contributed by atoms with E-state index in [0.717, 1.165) is 21.8 Å². The number of halogens is 1. The van der Waals surface area contributed by atoms with Crippen LogP contribution in [-0.2, 0) is 5.41 Å². The lowest BCUT2D eigenvalue weighted by Crippen LogP contribution is -2.46. The Balaban J connectivity index is 0.000000872. The van der Waals surface area contributed by atoms with Crippen molar-refractivity contribution in [2.24, 2.45) is 0 Å². The maximum Gasteiger partial charge on any atom is 0.178 e. The molecular weight excluding hydrogens is 400 g/mol. The first-order chi connectivity index (χ1) is 13.1. The van der Waals surface area contributed by atoms with Crippen LogP contribution in [0, 0.1) is 0 Å². The molecule has 136 valence electrons. The first kappa shape index (κ1) is 17.7. The van der Waals surface area contributed by atoms with Gasteiger partial charge in [0.1, 0.15) is 6.17 Å². The molecule has 0 saturated heterocycles. The summed E-state index contributed by atoms with van der Waals surface area (Å²) in [4.78, 5) is 14.0. The number of nitrogens with zero attached hydrogens (tertiary/aromatic N) is 4. The highest BCUT2D eigenvalue weighted by Crippen LogP contribution is 2.57. The highest BCUT2D eigenvalue weighted by atomic mass is 79.9. The van der Waals surface area contributed by atoms with Crippen LogP contribution >= 0.6 is 15.9 Å². The van der Waals surface area contributed by atoms with Gasteiger partial charge in [0.15, 0.2) is 11.6 Å². The monoisotopic (exact) mass is 420 g/mol. The topological polar surface area (TPSA) is 32.3 Å². The molecule has 3 aromatic rings. The number of rotatable bonds is 1. The molecule has 4 nitrogen and oxygen atoms in total. The molecule has 0 bridgehead atoms. The van der Waals surface area contributed by atoms with Gasteiger partial charge in [0.2, 0.25) is 0 Å². The van der Waals surface area contributed by atoms with Gasteiger partial charge in [-0.05, 0) is 29.8 Å². The molecule has 0 aliphatic carbocycles. The molecule has 5 rings (SSSR count). The van der Waals surface area contributed by atoms with Gasteiger partial charge in [-0.15, -0.1) is 13.2 Å². The average Bonchev–Trinajstić information content (AvgIpc) is 3.16. The molecule has 0 saturated carbocycles. The molecule has 0 radical (unpaired) electrons. The normalized spacial score (nSPS) is 18.3. The van der Waals surface area contributed by atoms with E-state index in [4.69, 9.17) is 0 Å². The summed E-state index contributed by atoms with van der Waals surface area (Å²) in [6.07, 6.45) is 3.65. The van der Waals surface area contributed by atoms with Gasteiger partial charge >= 0.3 is 0 Å². The summed E-state index contributed by atoms with van der Waals surface area (Å²) < 4.78 is 1.08. The Kier molecular flexibility index (Phi) is 4.27. The fourth-order valence-corrected chi connectivity index (χ4v) is 4.49. The highest BCUT2D eigenvalue weighted by molar-refractivity contribution is 9.10. The van der Waals surface area contributed by atoms with Crippen LogP contribution < -0.4 is 9.80 Å². The Morgan fingerprint density at radius 1 is 0.926 bits per heavy atom. The smallest absolute Gasteiger partial charge is 0.178 e. The molecule has 1 aromatic heterocycles. The van der Waals surface area contributed by atoms with Crippen LogP contribution in [0.5, 0.6) is 0 Å². The zero-order chi connectivity index (χ0) is 19.2. The van der Waals surface area contributed by atoms with E-state index >= 15 is 0 Å². The van der Waals surface area contributed by atoms with Crippen molar-refractivity contribution in [3.05, 3.63) is 84.1 Å². The average molecular weight is 421 g/mol. The Morgan fingerprint density at radius 3 is 2.22 bits per heavy atom. The summed E-state index contributed by atoms with van der Waals surface area (Å²) >= 11 is 3.62. The molecule has 0 N–H and O–H groups in total. The van der Waals surface area contributed by atoms with Crippen molar-refractivity contribution >= 4 is 38.9 Å². The molecule has 5 heteroatoms. The van der Waals surface area contributed by atoms with Crippen molar-refractivity contribution in [1.29, 1.82) is 0 Å². The second-order valence-electron chi connectivity index (χ2n) is 7.04. The van der Waals surface area contributed by atoms with Gasteiger partial charge in [-0.2, -0.15) is 0 Å². The van der Waals surface area contributed by atoms with Crippen LogP contribution in [0.1, 0.15) is 19.4 Å². The molecule has 1 atom stereocenters. The van der Waals surface area contributed by atoms with E-state index < -0.39 is 0 Å². The maximum absolute atomic E-state index is 4.68. The van der Waals surface area contributed by atoms with Crippen molar-refractivity contribution < 1.29 is 0 Å². The van der Waals surface area contributed by atoms with E-state index in [2.05, 4.69) is 105 Å². The number of para-hydroxylation sites is 1. The van der Waals surface area contributed by atoms with Crippen LogP contribution in [-0.4, -0.2) is 16.1 Å². The van der Waals surface area contributed by atoms with Crippen LogP contribution in [0.4, 0.5) is 23.0 Å². The first-order valence-corrected chi connectivity index (χ1v) is 9.63. The van der Waals surface area contributed by atoms with Gasteiger partial charge in [0, 0.05) is 33.7 Å². The lowest BCUT2D eigenvalue weighted by atomic mass is 9.83. The molecule has 27 heavy (non-hydrogen) atoms. The Morgan fingerprint density at radius 2 is 1.56 bits per heavy atom. The fourth-order valence-electron chi connectivity index (χ4n) is 4.14. The van der Waals surface area contributed by atoms with Gasteiger partial charge in [0.05, 0.1) is 0 Å². The summed E-state index contributed by atoms with van der Waals surface area (Å²) in [5, 5.41) is 0. The second-order valence-corrected chi connectivity index (χ2v) is 7.95. The minimum atomic E-state index is -0.0751. The van der Waals surface area contributed by atoms with E-state index in [9.17, 15) is 0 Å². The molecule has 2 aromatic carbocycles. The quantitative estimate of drug-likeness (QED) is 0.455. The third-order valence-electron chi connectivity index (χ3n) is 5.20. The van der Waals surface area contributed by atoms with Crippen molar-refractivity contribution in [3.8, 4) is 0 Å². The Labute approximate surface area is 168 Å². The number of hydrogen-bond acceptors (Lipinski definition) is 4. The number of aromatic nitrogens is 2. The van der Waals surface area contributed by atoms with Crippen LogP contribution in [0.15, 0.2) is 78.6 Å². The van der Waals surface area contributed by atoms with E-state index in [1.54, 1.807) is 12.4 Å². The number of hydrogen-bond donors (Lipinski definition) is 0. The van der Waals surface area contributed by atoms with Crippen molar-refractivity contribution in [1.82, 2.24) is 9.97 Å². The third kappa shape index (κ3) is 2.49. The van der Waals surface area contributed by atoms with Crippen molar-refractivity contribution in [2.75, 3.05) is 9.80 Å². The van der Waals surface area contributed by atoms with E-state index in [1.165, 1.54) is 11.3 Å². The summed E-state index contributed by atoms with van der Waals surface area (Å²) in [5.74, 6) is 1.83. The van der Waals surface area contributed by atoms with Gasteiger partial charge in [0.25, 0.3) is 0 Å². The lowest BCUT2D eigenvalue weighted by Gasteiger charge is -2.36. The highest BCUT2D eigenvalue weighted by Gasteiger charge is 2.54. The summed E-state index contributed by atoms with van der Waals surface area (Å²) in [6.45, 7) is 10.6. The van der Waals surface area contributed by atoms with E-state index in [-0.39, 0.29) is 11.6 Å². The molecule has 1 unspecified atom stereocenters. The number of benzene rings is 2. The minimum Gasteiger partial charge on any atom is -0.301 e. The molecule has 0 spiro atoms. The van der Waals surface area contributed by atoms with E-state index in [1.807, 2.05) is 6.07 Å². The molecule has 2 aliphatic rings.